The molecular weight excluding hydrogens is 599 g/mol. The summed E-state index contributed by atoms with van der Waals surface area (Å²) >= 11 is -0.826. The maximum absolute atomic E-state index is 4.93. The summed E-state index contributed by atoms with van der Waals surface area (Å²) in [7, 11) is 8.43. The van der Waals surface area contributed by atoms with E-state index < -0.39 is 28.9 Å². The van der Waals surface area contributed by atoms with E-state index in [9.17, 15) is 0 Å². The first-order chi connectivity index (χ1) is 17.0. The molecule has 0 aromatic rings. The molecule has 0 aliphatic heterocycles. The van der Waals surface area contributed by atoms with Crippen molar-refractivity contribution in [2.45, 2.75) is 131 Å². The van der Waals surface area contributed by atoms with Crippen molar-refractivity contribution >= 4 is 25.1 Å². The van der Waals surface area contributed by atoms with Crippen molar-refractivity contribution < 1.29 is 20.8 Å². The molecule has 0 amide bonds. The molecule has 0 heterocycles. The van der Waals surface area contributed by atoms with Crippen LogP contribution in [0, 0.1) is 85.9 Å². The standard InChI is InChI=1S/C32H60Si.2CH3.2ClH.Zr/c1-11-23-17-27-25(19(3)4)15-13-21(7)29(27)31(23)33(9,10)32-24(12-2)18-28-26(20(5)6)16-14-22(8)30(28)32;;;;;/h19-32H,11-18H2,1-10H3;2*1H3;2*1H;/q;2*-1;;;+4/p-2. The van der Waals surface area contributed by atoms with Gasteiger partial charge in [0.25, 0.3) is 0 Å². The van der Waals surface area contributed by atoms with Gasteiger partial charge in [0.15, 0.2) is 0 Å². The van der Waals surface area contributed by atoms with E-state index in [2.05, 4.69) is 68.5 Å². The molecule has 0 saturated heterocycles. The Morgan fingerprint density at radius 2 is 1.00 bits per heavy atom. The summed E-state index contributed by atoms with van der Waals surface area (Å²) in [5, 5.41) is 0. The van der Waals surface area contributed by atoms with E-state index in [0.717, 1.165) is 82.1 Å². The topological polar surface area (TPSA) is 0 Å². The van der Waals surface area contributed by atoms with Gasteiger partial charge in [-0.2, -0.15) is 0 Å². The van der Waals surface area contributed by atoms with Gasteiger partial charge in [-0.3, -0.25) is 0 Å². The van der Waals surface area contributed by atoms with Crippen LogP contribution in [0.1, 0.15) is 107 Å². The molecule has 4 aliphatic rings. The molecule has 38 heavy (non-hydrogen) atoms. The third-order valence-corrected chi connectivity index (χ3v) is 17.9. The zero-order valence-electron chi connectivity index (χ0n) is 27.5. The van der Waals surface area contributed by atoms with Gasteiger partial charge in [0.05, 0.1) is 8.07 Å². The second-order valence-corrected chi connectivity index (χ2v) is 23.9. The number of rotatable bonds is 6. The number of hydrogen-bond acceptors (Lipinski definition) is 0. The van der Waals surface area contributed by atoms with E-state index in [1.54, 1.807) is 12.8 Å². The van der Waals surface area contributed by atoms with Crippen LogP contribution in [0.15, 0.2) is 0 Å². The van der Waals surface area contributed by atoms with E-state index in [1.165, 1.54) is 38.5 Å². The molecule has 0 bridgehead atoms. The van der Waals surface area contributed by atoms with Gasteiger partial charge < -0.3 is 14.9 Å². The van der Waals surface area contributed by atoms with Crippen LogP contribution in [0.5, 0.6) is 0 Å². The normalized spacial score (nSPS) is 42.3. The van der Waals surface area contributed by atoms with Crippen molar-refractivity contribution in [2.24, 2.45) is 71.0 Å². The van der Waals surface area contributed by atoms with Crippen LogP contribution in [0.3, 0.4) is 0 Å². The zero-order chi connectivity index (χ0) is 26.9. The summed E-state index contributed by atoms with van der Waals surface area (Å²) in [5.74, 6) is 12.0. The molecule has 4 fully saturated rings. The molecule has 4 heteroatoms. The molecule has 0 aromatic carbocycles. The van der Waals surface area contributed by atoms with Crippen LogP contribution in [0.2, 0.25) is 24.2 Å². The van der Waals surface area contributed by atoms with Crippen molar-refractivity contribution in [3.05, 3.63) is 14.9 Å². The summed E-state index contributed by atoms with van der Waals surface area (Å²) in [6.07, 6.45) is 12.1. The summed E-state index contributed by atoms with van der Waals surface area (Å²) in [6.45, 7) is 26.5. The van der Waals surface area contributed by atoms with E-state index in [4.69, 9.17) is 17.0 Å². The van der Waals surface area contributed by atoms with Gasteiger partial charge in [-0.05, 0) is 108 Å². The van der Waals surface area contributed by atoms with Gasteiger partial charge in [0.2, 0.25) is 0 Å². The van der Waals surface area contributed by atoms with Gasteiger partial charge in [0, 0.05) is 0 Å². The summed E-state index contributed by atoms with van der Waals surface area (Å²) in [5.41, 5.74) is 2.18. The molecule has 0 aromatic heterocycles. The van der Waals surface area contributed by atoms with Crippen LogP contribution in [0.25, 0.3) is 0 Å². The fourth-order valence-electron chi connectivity index (χ4n) is 11.6. The Hall–Kier alpha value is 1.68. The first-order valence-electron chi connectivity index (χ1n) is 15.9. The van der Waals surface area contributed by atoms with Crippen molar-refractivity contribution in [3.63, 3.8) is 0 Å². The number of fused-ring (bicyclic) bond motifs is 2. The quantitative estimate of drug-likeness (QED) is 0.196. The zero-order valence-corrected chi connectivity index (χ0v) is 32.5. The minimum absolute atomic E-state index is 0. The minimum atomic E-state index is -1.43. The third kappa shape index (κ3) is 7.24. The predicted octanol–water partition coefficient (Wildman–Crippen LogP) is 12.4. The Labute approximate surface area is 261 Å². The third-order valence-electron chi connectivity index (χ3n) is 12.8. The molecule has 4 rings (SSSR count). The van der Waals surface area contributed by atoms with E-state index in [-0.39, 0.29) is 14.9 Å². The van der Waals surface area contributed by atoms with Gasteiger partial charge in [-0.25, -0.2) is 0 Å². The number of halogens is 2. The molecule has 224 valence electrons. The molecule has 12 atom stereocenters. The monoisotopic (exact) mass is 662 g/mol. The van der Waals surface area contributed by atoms with Gasteiger partial charge in [-0.1, -0.05) is 94.2 Å². The first kappa shape index (κ1) is 37.7. The fraction of sp³-hybridized carbons (Fsp3) is 0.941. The van der Waals surface area contributed by atoms with Crippen LogP contribution in [0.4, 0.5) is 0 Å². The fourth-order valence-corrected chi connectivity index (χ4v) is 18.3. The Balaban J connectivity index is 0.00000138. The van der Waals surface area contributed by atoms with Crippen molar-refractivity contribution in [3.8, 4) is 0 Å². The van der Waals surface area contributed by atoms with Crippen molar-refractivity contribution in [1.29, 1.82) is 0 Å². The van der Waals surface area contributed by atoms with Crippen molar-refractivity contribution in [2.75, 3.05) is 0 Å². The summed E-state index contributed by atoms with van der Waals surface area (Å²) in [6, 6.07) is 0. The Kier molecular flexibility index (Phi) is 15.8. The second kappa shape index (κ2) is 15.9. The average molecular weight is 665 g/mol. The predicted molar refractivity (Wildman–Crippen MR) is 174 cm³/mol. The maximum atomic E-state index is 4.93. The van der Waals surface area contributed by atoms with E-state index in [1.807, 2.05) is 0 Å². The summed E-state index contributed by atoms with van der Waals surface area (Å²) < 4.78 is 0. The SMILES string of the molecule is CCC1CC2C(C(C)C)CCC(C)C2C1[Si](C)(C)C1C(CC)CC2C(C(C)C)CCC(C)C21.[CH3-].[CH3-].[Cl][Zr+2][Cl]. The van der Waals surface area contributed by atoms with Gasteiger partial charge in [0.1, 0.15) is 0 Å². The van der Waals surface area contributed by atoms with Crippen LogP contribution in [-0.4, -0.2) is 8.07 Å². The Morgan fingerprint density at radius 1 is 0.684 bits per heavy atom. The summed E-state index contributed by atoms with van der Waals surface area (Å²) in [4.78, 5) is 0. The van der Waals surface area contributed by atoms with Crippen LogP contribution in [-0.2, 0) is 20.8 Å². The van der Waals surface area contributed by atoms with Gasteiger partial charge >= 0.3 is 37.9 Å². The molecule has 0 radical (unpaired) electrons. The van der Waals surface area contributed by atoms with Crippen LogP contribution >= 0.6 is 17.0 Å². The van der Waals surface area contributed by atoms with E-state index >= 15 is 0 Å². The van der Waals surface area contributed by atoms with Gasteiger partial charge in [-0.15, -0.1) is 0 Å². The Morgan fingerprint density at radius 3 is 1.26 bits per heavy atom. The molecule has 0 nitrogen and oxygen atoms in total. The molecule has 4 saturated carbocycles. The van der Waals surface area contributed by atoms with Crippen LogP contribution < -0.4 is 0 Å². The molecular formula is C34H66Cl2SiZr. The molecule has 0 spiro atoms. The molecule has 0 N–H and O–H groups in total. The number of hydrogen-bond donors (Lipinski definition) is 0. The Bertz CT molecular complexity index is 627. The second-order valence-electron chi connectivity index (χ2n) is 15.2. The molecule has 4 aliphatic carbocycles. The average Bonchev–Trinajstić information content (AvgIpc) is 3.40. The van der Waals surface area contributed by atoms with E-state index in [0.29, 0.717) is 0 Å². The molecule has 12 unspecified atom stereocenters. The van der Waals surface area contributed by atoms with Crippen molar-refractivity contribution in [1.82, 2.24) is 0 Å². The first-order valence-corrected chi connectivity index (χ1v) is 25.4.